The quantitative estimate of drug-likeness (QED) is 0.734. The Bertz CT molecular complexity index is 788. The molecular weight excluding hydrogens is 312 g/mol. The predicted molar refractivity (Wildman–Crippen MR) is 81.7 cm³/mol. The largest absolute Gasteiger partial charge is 0.467 e. The average Bonchev–Trinajstić information content (AvgIpc) is 3.30. The smallest absolute Gasteiger partial charge is 0.238 e. The van der Waals surface area contributed by atoms with Gasteiger partial charge in [-0.1, -0.05) is 5.16 Å². The van der Waals surface area contributed by atoms with Crippen LogP contribution in [0.25, 0.3) is 11.6 Å². The molecular formula is C16H16N4O4. The van der Waals surface area contributed by atoms with Gasteiger partial charge in [-0.15, -0.1) is 0 Å². The summed E-state index contributed by atoms with van der Waals surface area (Å²) in [7, 11) is 0. The molecule has 3 aromatic heterocycles. The molecule has 1 N–H and O–H groups in total. The van der Waals surface area contributed by atoms with Crippen molar-refractivity contribution < 1.29 is 18.2 Å². The Morgan fingerprint density at radius 1 is 1.25 bits per heavy atom. The van der Waals surface area contributed by atoms with Crippen molar-refractivity contribution in [3.05, 3.63) is 48.4 Å². The predicted octanol–water partition coefficient (Wildman–Crippen LogP) is 1.64. The van der Waals surface area contributed by atoms with Gasteiger partial charge in [0, 0.05) is 13.1 Å². The maximum absolute atomic E-state index is 11.9. The zero-order valence-electron chi connectivity index (χ0n) is 12.8. The highest BCUT2D eigenvalue weighted by molar-refractivity contribution is 5.78. The molecule has 3 aromatic rings. The van der Waals surface area contributed by atoms with Gasteiger partial charge in [0.15, 0.2) is 5.76 Å². The second-order valence-electron chi connectivity index (χ2n) is 5.68. The van der Waals surface area contributed by atoms with Crippen molar-refractivity contribution in [3.63, 3.8) is 0 Å². The molecule has 4 heterocycles. The summed E-state index contributed by atoms with van der Waals surface area (Å²) in [6.07, 6.45) is 3.15. The number of amides is 1. The van der Waals surface area contributed by atoms with Crippen LogP contribution in [0, 0.1) is 0 Å². The minimum Gasteiger partial charge on any atom is -0.467 e. The molecule has 0 saturated carbocycles. The van der Waals surface area contributed by atoms with Crippen molar-refractivity contribution in [2.75, 3.05) is 19.6 Å². The molecule has 0 aliphatic carbocycles. The Kier molecular flexibility index (Phi) is 3.87. The molecule has 0 atom stereocenters. The van der Waals surface area contributed by atoms with Gasteiger partial charge in [0.25, 0.3) is 0 Å². The molecule has 4 rings (SSSR count). The molecule has 24 heavy (non-hydrogen) atoms. The Hall–Kier alpha value is -2.87. The molecule has 0 radical (unpaired) electrons. The summed E-state index contributed by atoms with van der Waals surface area (Å²) in [6, 6.07) is 7.18. The summed E-state index contributed by atoms with van der Waals surface area (Å²) in [5, 5.41) is 6.74. The van der Waals surface area contributed by atoms with Gasteiger partial charge in [-0.05, 0) is 24.3 Å². The van der Waals surface area contributed by atoms with Crippen LogP contribution in [0.5, 0.6) is 0 Å². The van der Waals surface area contributed by atoms with Crippen LogP contribution in [-0.4, -0.2) is 40.6 Å². The molecule has 1 aliphatic rings. The Balaban J connectivity index is 1.24. The first-order valence-electron chi connectivity index (χ1n) is 7.67. The number of hydrogen-bond acceptors (Lipinski definition) is 7. The van der Waals surface area contributed by atoms with Gasteiger partial charge in [-0.3, -0.25) is 9.69 Å². The fourth-order valence-electron chi connectivity index (χ4n) is 2.62. The fourth-order valence-corrected chi connectivity index (χ4v) is 2.62. The van der Waals surface area contributed by atoms with E-state index in [2.05, 4.69) is 15.5 Å². The van der Waals surface area contributed by atoms with Gasteiger partial charge in [0.1, 0.15) is 5.76 Å². The van der Waals surface area contributed by atoms with Crippen LogP contribution in [-0.2, 0) is 11.3 Å². The minimum atomic E-state index is -0.0355. The highest BCUT2D eigenvalue weighted by Crippen LogP contribution is 2.27. The number of aromatic nitrogens is 2. The van der Waals surface area contributed by atoms with E-state index in [-0.39, 0.29) is 11.8 Å². The van der Waals surface area contributed by atoms with Gasteiger partial charge >= 0.3 is 0 Å². The fraction of sp³-hybridized carbons (Fsp3) is 0.312. The first-order valence-corrected chi connectivity index (χ1v) is 7.67. The molecule has 124 valence electrons. The summed E-state index contributed by atoms with van der Waals surface area (Å²) < 4.78 is 15.7. The SMILES string of the molecule is O=C(CN1CC(c2nc(-c3ccco3)no2)C1)NCc1ccco1. The molecule has 1 saturated heterocycles. The van der Waals surface area contributed by atoms with Crippen molar-refractivity contribution in [3.8, 4) is 11.6 Å². The summed E-state index contributed by atoms with van der Waals surface area (Å²) >= 11 is 0. The van der Waals surface area contributed by atoms with Crippen LogP contribution in [0.3, 0.4) is 0 Å². The lowest BCUT2D eigenvalue weighted by Gasteiger charge is -2.36. The Labute approximate surface area is 137 Å². The molecule has 0 aromatic carbocycles. The van der Waals surface area contributed by atoms with E-state index in [0.717, 1.165) is 5.76 Å². The van der Waals surface area contributed by atoms with Crippen LogP contribution < -0.4 is 5.32 Å². The number of nitrogens with zero attached hydrogens (tertiary/aromatic N) is 3. The lowest BCUT2D eigenvalue weighted by molar-refractivity contribution is -0.123. The molecule has 8 heteroatoms. The summed E-state index contributed by atoms with van der Waals surface area (Å²) in [5.41, 5.74) is 0. The van der Waals surface area contributed by atoms with E-state index < -0.39 is 0 Å². The minimum absolute atomic E-state index is 0.0355. The standard InChI is InChI=1S/C16H16N4O4/c21-14(17-7-12-3-1-5-22-12)10-20-8-11(9-20)16-18-15(19-24-16)13-4-2-6-23-13/h1-6,11H,7-10H2,(H,17,21). The van der Waals surface area contributed by atoms with Gasteiger partial charge in [-0.25, -0.2) is 0 Å². The maximum atomic E-state index is 11.9. The monoisotopic (exact) mass is 328 g/mol. The lowest BCUT2D eigenvalue weighted by Crippen LogP contribution is -2.49. The molecule has 1 fully saturated rings. The second-order valence-corrected chi connectivity index (χ2v) is 5.68. The first kappa shape index (κ1) is 14.7. The van der Waals surface area contributed by atoms with Crippen LogP contribution in [0.1, 0.15) is 17.6 Å². The topological polar surface area (TPSA) is 97.5 Å². The van der Waals surface area contributed by atoms with E-state index in [1.165, 1.54) is 0 Å². The molecule has 8 nitrogen and oxygen atoms in total. The third kappa shape index (κ3) is 3.09. The van der Waals surface area contributed by atoms with Gasteiger partial charge < -0.3 is 18.7 Å². The van der Waals surface area contributed by atoms with Crippen LogP contribution >= 0.6 is 0 Å². The highest BCUT2D eigenvalue weighted by atomic mass is 16.5. The van der Waals surface area contributed by atoms with E-state index in [1.54, 1.807) is 30.7 Å². The first-order chi connectivity index (χ1) is 11.8. The van der Waals surface area contributed by atoms with Crippen molar-refractivity contribution in [2.24, 2.45) is 0 Å². The van der Waals surface area contributed by atoms with Gasteiger partial charge in [-0.2, -0.15) is 4.98 Å². The van der Waals surface area contributed by atoms with Crippen molar-refractivity contribution in [1.29, 1.82) is 0 Å². The zero-order valence-corrected chi connectivity index (χ0v) is 12.8. The van der Waals surface area contributed by atoms with Crippen molar-refractivity contribution in [1.82, 2.24) is 20.4 Å². The van der Waals surface area contributed by atoms with E-state index in [9.17, 15) is 4.79 Å². The molecule has 0 bridgehead atoms. The van der Waals surface area contributed by atoms with Gasteiger partial charge in [0.05, 0.1) is 31.5 Å². The zero-order chi connectivity index (χ0) is 16.4. The van der Waals surface area contributed by atoms with Crippen LogP contribution in [0.2, 0.25) is 0 Å². The van der Waals surface area contributed by atoms with Crippen LogP contribution in [0.4, 0.5) is 0 Å². The number of rotatable bonds is 6. The van der Waals surface area contributed by atoms with E-state index in [1.807, 2.05) is 11.0 Å². The Morgan fingerprint density at radius 3 is 2.83 bits per heavy atom. The number of carbonyl (C=O) groups is 1. The number of furan rings is 2. The molecule has 0 spiro atoms. The third-order valence-electron chi connectivity index (χ3n) is 3.90. The van der Waals surface area contributed by atoms with E-state index in [0.29, 0.717) is 43.7 Å². The van der Waals surface area contributed by atoms with Crippen molar-refractivity contribution in [2.45, 2.75) is 12.5 Å². The van der Waals surface area contributed by atoms with E-state index >= 15 is 0 Å². The van der Waals surface area contributed by atoms with Crippen molar-refractivity contribution >= 4 is 5.91 Å². The maximum Gasteiger partial charge on any atom is 0.238 e. The van der Waals surface area contributed by atoms with Crippen LogP contribution in [0.15, 0.2) is 50.1 Å². The number of hydrogen-bond donors (Lipinski definition) is 1. The number of likely N-dealkylation sites (tertiary alicyclic amines) is 1. The molecule has 1 aliphatic heterocycles. The number of carbonyl (C=O) groups excluding carboxylic acids is 1. The van der Waals surface area contributed by atoms with E-state index in [4.69, 9.17) is 13.4 Å². The highest BCUT2D eigenvalue weighted by Gasteiger charge is 2.33. The second kappa shape index (κ2) is 6.32. The number of nitrogens with one attached hydrogen (secondary N) is 1. The Morgan fingerprint density at radius 2 is 2.08 bits per heavy atom. The molecule has 0 unspecified atom stereocenters. The summed E-state index contributed by atoms with van der Waals surface area (Å²) in [4.78, 5) is 18.3. The lowest BCUT2D eigenvalue weighted by atomic mass is 10.0. The summed E-state index contributed by atoms with van der Waals surface area (Å²) in [6.45, 7) is 2.18. The molecule has 1 amide bonds. The average molecular weight is 328 g/mol. The normalized spacial score (nSPS) is 15.3. The summed E-state index contributed by atoms with van der Waals surface area (Å²) in [5.74, 6) is 2.46. The third-order valence-corrected chi connectivity index (χ3v) is 3.90. The van der Waals surface area contributed by atoms with Gasteiger partial charge in [0.2, 0.25) is 17.6 Å².